The van der Waals surface area contributed by atoms with E-state index < -0.39 is 17.2 Å². The Bertz CT molecular complexity index is 499. The Balaban J connectivity index is 2.07. The number of rotatable bonds is 3. The number of nitrogens with zero attached hydrogens (tertiary/aromatic N) is 1. The normalized spacial score (nSPS) is 17.8. The maximum atomic E-state index is 13.6. The first kappa shape index (κ1) is 14.9. The molecule has 0 unspecified atom stereocenters. The van der Waals surface area contributed by atoms with Crippen molar-refractivity contribution in [3.8, 4) is 0 Å². The third kappa shape index (κ3) is 3.15. The van der Waals surface area contributed by atoms with Crippen molar-refractivity contribution >= 4 is 5.91 Å². The van der Waals surface area contributed by atoms with E-state index in [4.69, 9.17) is 5.73 Å². The molecule has 0 saturated heterocycles. The molecule has 1 aromatic rings. The van der Waals surface area contributed by atoms with E-state index in [9.17, 15) is 13.6 Å². The number of carbonyl (C=O) groups excluding carboxylic acids is 1. The first-order valence-corrected chi connectivity index (χ1v) is 6.91. The van der Waals surface area contributed by atoms with Crippen LogP contribution < -0.4 is 5.73 Å². The van der Waals surface area contributed by atoms with Gasteiger partial charge in [0.25, 0.3) is 0 Å². The second-order valence-electron chi connectivity index (χ2n) is 5.61. The number of benzene rings is 1. The largest absolute Gasteiger partial charge is 0.340 e. The number of amides is 1. The molecule has 1 fully saturated rings. The second-order valence-corrected chi connectivity index (χ2v) is 5.61. The van der Waals surface area contributed by atoms with Gasteiger partial charge in [0.2, 0.25) is 5.91 Å². The average molecular weight is 282 g/mol. The molecule has 0 aliphatic heterocycles. The lowest BCUT2D eigenvalue weighted by atomic mass is 9.81. The summed E-state index contributed by atoms with van der Waals surface area (Å²) in [7, 11) is 1.61. The molecule has 5 heteroatoms. The highest BCUT2D eigenvalue weighted by molar-refractivity contribution is 5.86. The number of carbonyl (C=O) groups is 1. The molecule has 20 heavy (non-hydrogen) atoms. The summed E-state index contributed by atoms with van der Waals surface area (Å²) in [6, 6.07) is 3.38. The molecule has 0 bridgehead atoms. The lowest BCUT2D eigenvalue weighted by Crippen LogP contribution is -2.55. The van der Waals surface area contributed by atoms with Gasteiger partial charge in [0.1, 0.15) is 11.6 Å². The molecule has 0 spiro atoms. The van der Waals surface area contributed by atoms with Gasteiger partial charge in [0, 0.05) is 25.2 Å². The van der Waals surface area contributed by atoms with Crippen LogP contribution in [0.4, 0.5) is 8.78 Å². The zero-order valence-corrected chi connectivity index (χ0v) is 11.7. The van der Waals surface area contributed by atoms with E-state index in [1.165, 1.54) is 17.0 Å². The smallest absolute Gasteiger partial charge is 0.242 e. The van der Waals surface area contributed by atoms with Crippen LogP contribution in [0, 0.1) is 11.6 Å². The molecule has 1 saturated carbocycles. The Labute approximate surface area is 117 Å². The minimum absolute atomic E-state index is 0.101. The van der Waals surface area contributed by atoms with Crippen molar-refractivity contribution in [1.29, 1.82) is 0 Å². The van der Waals surface area contributed by atoms with Gasteiger partial charge < -0.3 is 10.6 Å². The van der Waals surface area contributed by atoms with Crippen LogP contribution in [0.15, 0.2) is 18.2 Å². The Kier molecular flexibility index (Phi) is 4.38. The third-order valence-corrected chi connectivity index (χ3v) is 3.94. The minimum atomic E-state index is -0.830. The van der Waals surface area contributed by atoms with Crippen LogP contribution in [0.1, 0.15) is 37.7 Å². The van der Waals surface area contributed by atoms with E-state index in [1.54, 1.807) is 7.05 Å². The zero-order valence-electron chi connectivity index (χ0n) is 11.7. The van der Waals surface area contributed by atoms with E-state index in [2.05, 4.69) is 0 Å². The van der Waals surface area contributed by atoms with Crippen LogP contribution in [-0.2, 0) is 11.3 Å². The standard InChI is InChI=1S/C15H20F2N2O/c1-19(10-11-5-6-12(16)9-13(11)17)14(20)15(18)7-3-2-4-8-15/h5-6,9H,2-4,7-8,10,18H2,1H3. The molecule has 0 heterocycles. The molecule has 110 valence electrons. The van der Waals surface area contributed by atoms with Crippen LogP contribution >= 0.6 is 0 Å². The molecule has 1 aliphatic rings. The Morgan fingerprint density at radius 3 is 2.55 bits per heavy atom. The van der Waals surface area contributed by atoms with Crippen LogP contribution in [0.25, 0.3) is 0 Å². The topological polar surface area (TPSA) is 46.3 Å². The number of halogens is 2. The number of hydrogen-bond acceptors (Lipinski definition) is 2. The van der Waals surface area contributed by atoms with Crippen LogP contribution in [0.2, 0.25) is 0 Å². The number of hydrogen-bond donors (Lipinski definition) is 1. The molecule has 1 aromatic carbocycles. The average Bonchev–Trinajstić information content (AvgIpc) is 2.42. The molecule has 0 atom stereocenters. The summed E-state index contributed by atoms with van der Waals surface area (Å²) in [6.07, 6.45) is 4.33. The summed E-state index contributed by atoms with van der Waals surface area (Å²) in [5.41, 5.74) is 5.64. The van der Waals surface area contributed by atoms with Gasteiger partial charge in [-0.2, -0.15) is 0 Å². The predicted octanol–water partition coefficient (Wildman–Crippen LogP) is 2.58. The molecule has 0 radical (unpaired) electrons. The SMILES string of the molecule is CN(Cc1ccc(F)cc1F)C(=O)C1(N)CCCCC1. The lowest BCUT2D eigenvalue weighted by molar-refractivity contribution is -0.137. The number of nitrogens with two attached hydrogens (primary N) is 1. The molecule has 1 amide bonds. The monoisotopic (exact) mass is 282 g/mol. The van der Waals surface area contributed by atoms with Crippen molar-refractivity contribution in [3.05, 3.63) is 35.4 Å². The molecule has 2 N–H and O–H groups in total. The Morgan fingerprint density at radius 2 is 1.95 bits per heavy atom. The first-order valence-electron chi connectivity index (χ1n) is 6.91. The predicted molar refractivity (Wildman–Crippen MR) is 72.8 cm³/mol. The van der Waals surface area contributed by atoms with Gasteiger partial charge in [-0.3, -0.25) is 4.79 Å². The Morgan fingerprint density at radius 1 is 1.30 bits per heavy atom. The molecule has 2 rings (SSSR count). The molecular weight excluding hydrogens is 262 g/mol. The van der Waals surface area contributed by atoms with Gasteiger partial charge in [0.15, 0.2) is 0 Å². The highest BCUT2D eigenvalue weighted by Crippen LogP contribution is 2.28. The molecule has 1 aliphatic carbocycles. The van der Waals surface area contributed by atoms with Crippen LogP contribution in [0.3, 0.4) is 0 Å². The van der Waals surface area contributed by atoms with Crippen LogP contribution in [0.5, 0.6) is 0 Å². The fourth-order valence-electron chi connectivity index (χ4n) is 2.75. The number of likely N-dealkylation sites (N-methyl/N-ethyl adjacent to an activating group) is 1. The van der Waals surface area contributed by atoms with E-state index in [0.717, 1.165) is 25.3 Å². The van der Waals surface area contributed by atoms with E-state index in [-0.39, 0.29) is 12.5 Å². The summed E-state index contributed by atoms with van der Waals surface area (Å²) >= 11 is 0. The summed E-state index contributed by atoms with van der Waals surface area (Å²) in [4.78, 5) is 13.8. The molecular formula is C15H20F2N2O. The van der Waals surface area contributed by atoms with E-state index >= 15 is 0 Å². The van der Waals surface area contributed by atoms with Crippen molar-refractivity contribution in [1.82, 2.24) is 4.90 Å². The summed E-state index contributed by atoms with van der Waals surface area (Å²) in [6.45, 7) is 0.101. The van der Waals surface area contributed by atoms with Crippen LogP contribution in [-0.4, -0.2) is 23.4 Å². The van der Waals surface area contributed by atoms with Crippen molar-refractivity contribution in [2.75, 3.05) is 7.05 Å². The molecule has 3 nitrogen and oxygen atoms in total. The van der Waals surface area contributed by atoms with Crippen molar-refractivity contribution in [2.24, 2.45) is 5.73 Å². The first-order chi connectivity index (χ1) is 9.42. The maximum Gasteiger partial charge on any atom is 0.242 e. The van der Waals surface area contributed by atoms with Gasteiger partial charge in [0.05, 0.1) is 5.54 Å². The fraction of sp³-hybridized carbons (Fsp3) is 0.533. The lowest BCUT2D eigenvalue weighted by Gasteiger charge is -2.35. The fourth-order valence-corrected chi connectivity index (χ4v) is 2.75. The highest BCUT2D eigenvalue weighted by atomic mass is 19.1. The summed E-state index contributed by atoms with van der Waals surface area (Å²) < 4.78 is 26.5. The quantitative estimate of drug-likeness (QED) is 0.926. The van der Waals surface area contributed by atoms with Gasteiger partial charge >= 0.3 is 0 Å². The Hall–Kier alpha value is -1.49. The van der Waals surface area contributed by atoms with Gasteiger partial charge in [-0.1, -0.05) is 25.3 Å². The van der Waals surface area contributed by atoms with Crippen molar-refractivity contribution < 1.29 is 13.6 Å². The van der Waals surface area contributed by atoms with Gasteiger partial charge in [-0.15, -0.1) is 0 Å². The molecule has 0 aromatic heterocycles. The van der Waals surface area contributed by atoms with E-state index in [1.807, 2.05) is 0 Å². The summed E-state index contributed by atoms with van der Waals surface area (Å²) in [5, 5.41) is 0. The summed E-state index contributed by atoms with van der Waals surface area (Å²) in [5.74, 6) is -1.43. The third-order valence-electron chi connectivity index (χ3n) is 3.94. The minimum Gasteiger partial charge on any atom is -0.340 e. The zero-order chi connectivity index (χ0) is 14.8. The van der Waals surface area contributed by atoms with Crippen molar-refractivity contribution in [3.63, 3.8) is 0 Å². The van der Waals surface area contributed by atoms with Gasteiger partial charge in [-0.25, -0.2) is 8.78 Å². The van der Waals surface area contributed by atoms with Gasteiger partial charge in [-0.05, 0) is 18.9 Å². The van der Waals surface area contributed by atoms with E-state index in [0.29, 0.717) is 18.4 Å². The highest BCUT2D eigenvalue weighted by Gasteiger charge is 2.37. The maximum absolute atomic E-state index is 13.6. The van der Waals surface area contributed by atoms with Crippen molar-refractivity contribution in [2.45, 2.75) is 44.2 Å². The second kappa shape index (κ2) is 5.87.